The second-order valence-electron chi connectivity index (χ2n) is 5.73. The van der Waals surface area contributed by atoms with Gasteiger partial charge in [-0.25, -0.2) is 26.7 Å². The van der Waals surface area contributed by atoms with Crippen molar-refractivity contribution in [3.05, 3.63) is 53.6 Å². The van der Waals surface area contributed by atoms with Crippen LogP contribution in [0.1, 0.15) is 18.1 Å². The van der Waals surface area contributed by atoms with Crippen molar-refractivity contribution in [1.29, 1.82) is 0 Å². The Kier molecular flexibility index (Phi) is 6.40. The molecule has 0 saturated carbocycles. The number of sulfonamides is 2. The van der Waals surface area contributed by atoms with E-state index >= 15 is 0 Å². The number of nitrogens with two attached hydrogens (primary N) is 1. The van der Waals surface area contributed by atoms with E-state index in [0.717, 1.165) is 5.56 Å². The van der Waals surface area contributed by atoms with Crippen LogP contribution in [0.5, 0.6) is 5.75 Å². The normalized spacial score (nSPS) is 12.1. The van der Waals surface area contributed by atoms with E-state index in [-0.39, 0.29) is 22.9 Å². The van der Waals surface area contributed by atoms with Crippen molar-refractivity contribution < 1.29 is 21.6 Å². The molecule has 0 amide bonds. The molecule has 0 bridgehead atoms. The molecule has 2 rings (SSSR count). The summed E-state index contributed by atoms with van der Waals surface area (Å²) in [6, 6.07) is 10.9. The Labute approximate surface area is 154 Å². The number of hydrogen-bond acceptors (Lipinski definition) is 5. The third-order valence-electron chi connectivity index (χ3n) is 3.72. The van der Waals surface area contributed by atoms with Crippen LogP contribution >= 0.6 is 0 Å². The number of hydrogen-bond donors (Lipinski definition) is 2. The van der Waals surface area contributed by atoms with Gasteiger partial charge in [0.25, 0.3) is 0 Å². The highest BCUT2D eigenvalue weighted by molar-refractivity contribution is 7.89. The minimum atomic E-state index is -3.78. The molecule has 2 aromatic carbocycles. The summed E-state index contributed by atoms with van der Waals surface area (Å²) < 4.78 is 55.2. The Bertz CT molecular complexity index is 969. The van der Waals surface area contributed by atoms with Crippen molar-refractivity contribution in [1.82, 2.24) is 4.72 Å². The van der Waals surface area contributed by atoms with Crippen LogP contribution < -0.4 is 14.6 Å². The molecule has 26 heavy (non-hydrogen) atoms. The fraction of sp³-hybridized carbons (Fsp3) is 0.294. The summed E-state index contributed by atoms with van der Waals surface area (Å²) in [5, 5.41) is 5.12. The van der Waals surface area contributed by atoms with Crippen LogP contribution in [0.15, 0.2) is 52.3 Å². The number of primary sulfonamides is 1. The van der Waals surface area contributed by atoms with Gasteiger partial charge in [-0.1, -0.05) is 24.6 Å². The molecule has 0 aliphatic heterocycles. The first-order valence-electron chi connectivity index (χ1n) is 7.98. The van der Waals surface area contributed by atoms with Crippen molar-refractivity contribution in [2.24, 2.45) is 5.14 Å². The number of rotatable bonds is 8. The highest BCUT2D eigenvalue weighted by atomic mass is 32.2. The Balaban J connectivity index is 1.98. The van der Waals surface area contributed by atoms with Crippen LogP contribution in [-0.4, -0.2) is 30.0 Å². The Morgan fingerprint density at radius 1 is 1.00 bits per heavy atom. The van der Waals surface area contributed by atoms with E-state index in [0.29, 0.717) is 17.7 Å². The van der Waals surface area contributed by atoms with Crippen molar-refractivity contribution in [3.8, 4) is 5.75 Å². The maximum atomic E-state index is 12.2. The Morgan fingerprint density at radius 2 is 1.62 bits per heavy atom. The van der Waals surface area contributed by atoms with Gasteiger partial charge in [0, 0.05) is 6.54 Å². The molecule has 142 valence electrons. The molecule has 2 aromatic rings. The third-order valence-corrected chi connectivity index (χ3v) is 6.11. The monoisotopic (exact) mass is 398 g/mol. The van der Waals surface area contributed by atoms with E-state index in [1.54, 1.807) is 24.3 Å². The van der Waals surface area contributed by atoms with Gasteiger partial charge in [0.2, 0.25) is 20.0 Å². The van der Waals surface area contributed by atoms with Gasteiger partial charge in [-0.15, -0.1) is 0 Å². The lowest BCUT2D eigenvalue weighted by Gasteiger charge is -2.12. The van der Waals surface area contributed by atoms with E-state index in [2.05, 4.69) is 4.72 Å². The van der Waals surface area contributed by atoms with Crippen LogP contribution in [0.4, 0.5) is 0 Å². The summed E-state index contributed by atoms with van der Waals surface area (Å²) in [5.74, 6) is 0.495. The summed E-state index contributed by atoms with van der Waals surface area (Å²) in [6.45, 7) is 3.92. The number of nitrogens with one attached hydrogen (secondary N) is 1. The SMILES string of the molecule is CCc1cc(S(N)(=O)=O)ccc1OCCNS(=O)(=O)c1ccc(C)cc1. The summed E-state index contributed by atoms with van der Waals surface area (Å²) in [4.78, 5) is 0.205. The minimum absolute atomic E-state index is 0.0155. The summed E-state index contributed by atoms with van der Waals surface area (Å²) in [7, 11) is -7.38. The molecule has 9 heteroatoms. The maximum Gasteiger partial charge on any atom is 0.240 e. The fourth-order valence-corrected chi connectivity index (χ4v) is 3.87. The van der Waals surface area contributed by atoms with Crippen molar-refractivity contribution in [2.75, 3.05) is 13.2 Å². The van der Waals surface area contributed by atoms with Crippen LogP contribution in [0.25, 0.3) is 0 Å². The molecule has 3 N–H and O–H groups in total. The van der Waals surface area contributed by atoms with Gasteiger partial charge < -0.3 is 4.74 Å². The number of ether oxygens (including phenoxy) is 1. The Morgan fingerprint density at radius 3 is 2.19 bits per heavy atom. The highest BCUT2D eigenvalue weighted by Crippen LogP contribution is 2.22. The van der Waals surface area contributed by atoms with Crippen LogP contribution in [0.3, 0.4) is 0 Å². The summed E-state index contributed by atoms with van der Waals surface area (Å²) in [5.41, 5.74) is 1.65. The molecule has 0 aliphatic rings. The number of benzene rings is 2. The average Bonchev–Trinajstić information content (AvgIpc) is 2.58. The molecule has 0 unspecified atom stereocenters. The molecule has 0 radical (unpaired) electrons. The predicted molar refractivity (Wildman–Crippen MR) is 99.1 cm³/mol. The smallest absolute Gasteiger partial charge is 0.240 e. The van der Waals surface area contributed by atoms with Crippen molar-refractivity contribution >= 4 is 20.0 Å². The lowest BCUT2D eigenvalue weighted by atomic mass is 10.1. The van der Waals surface area contributed by atoms with E-state index in [1.807, 2.05) is 13.8 Å². The van der Waals surface area contributed by atoms with Gasteiger partial charge in [-0.05, 0) is 49.2 Å². The minimum Gasteiger partial charge on any atom is -0.492 e. The second kappa shape index (κ2) is 8.17. The molecule has 7 nitrogen and oxygen atoms in total. The van der Waals surface area contributed by atoms with E-state index in [9.17, 15) is 16.8 Å². The standard InChI is InChI=1S/C17H22N2O5S2/c1-3-14-12-16(25(18,20)21)8-9-17(14)24-11-10-19-26(22,23)15-6-4-13(2)5-7-15/h4-9,12,19H,3,10-11H2,1-2H3,(H2,18,20,21). The van der Waals surface area contributed by atoms with Gasteiger partial charge in [0.05, 0.1) is 9.79 Å². The van der Waals surface area contributed by atoms with E-state index in [4.69, 9.17) is 9.88 Å². The first-order chi connectivity index (χ1) is 12.1. The van der Waals surface area contributed by atoms with Gasteiger partial charge in [-0.3, -0.25) is 0 Å². The zero-order valence-electron chi connectivity index (χ0n) is 14.6. The van der Waals surface area contributed by atoms with Crippen LogP contribution in [-0.2, 0) is 26.5 Å². The largest absolute Gasteiger partial charge is 0.492 e. The average molecular weight is 399 g/mol. The van der Waals surface area contributed by atoms with E-state index < -0.39 is 20.0 Å². The van der Waals surface area contributed by atoms with Crippen molar-refractivity contribution in [3.63, 3.8) is 0 Å². The molecule has 0 fully saturated rings. The third kappa shape index (κ3) is 5.28. The van der Waals surface area contributed by atoms with Crippen LogP contribution in [0, 0.1) is 6.92 Å². The molecular formula is C17H22N2O5S2. The van der Waals surface area contributed by atoms with Gasteiger partial charge >= 0.3 is 0 Å². The first-order valence-corrected chi connectivity index (χ1v) is 11.0. The molecule has 0 aromatic heterocycles. The Hall–Kier alpha value is -1.94. The zero-order valence-corrected chi connectivity index (χ0v) is 16.2. The topological polar surface area (TPSA) is 116 Å². The lowest BCUT2D eigenvalue weighted by molar-refractivity contribution is 0.319. The summed E-state index contributed by atoms with van der Waals surface area (Å²) >= 11 is 0. The van der Waals surface area contributed by atoms with E-state index in [1.165, 1.54) is 18.2 Å². The molecule has 0 atom stereocenters. The van der Waals surface area contributed by atoms with Gasteiger partial charge in [0.1, 0.15) is 12.4 Å². The van der Waals surface area contributed by atoms with Crippen molar-refractivity contribution in [2.45, 2.75) is 30.1 Å². The number of aryl methyl sites for hydroxylation is 2. The first kappa shape index (κ1) is 20.4. The molecule has 0 aliphatic carbocycles. The molecule has 0 spiro atoms. The van der Waals surface area contributed by atoms with Gasteiger partial charge in [0.15, 0.2) is 0 Å². The maximum absolute atomic E-state index is 12.2. The van der Waals surface area contributed by atoms with Crippen LogP contribution in [0.2, 0.25) is 0 Å². The molecular weight excluding hydrogens is 376 g/mol. The zero-order chi connectivity index (χ0) is 19.4. The quantitative estimate of drug-likeness (QED) is 0.655. The summed E-state index contributed by atoms with van der Waals surface area (Å²) in [6.07, 6.45) is 0.549. The predicted octanol–water partition coefficient (Wildman–Crippen LogP) is 1.56. The second-order valence-corrected chi connectivity index (χ2v) is 9.06. The molecule has 0 saturated heterocycles. The fourth-order valence-electron chi connectivity index (χ4n) is 2.29. The van der Waals surface area contributed by atoms with Gasteiger partial charge in [-0.2, -0.15) is 0 Å². The highest BCUT2D eigenvalue weighted by Gasteiger charge is 2.14. The molecule has 0 heterocycles. The lowest BCUT2D eigenvalue weighted by Crippen LogP contribution is -2.28.